The summed E-state index contributed by atoms with van der Waals surface area (Å²) >= 11 is 1.31. The number of benzene rings is 1. The molecule has 2 amide bonds. The van der Waals surface area contributed by atoms with Crippen LogP contribution in [0.1, 0.15) is 27.7 Å². The van der Waals surface area contributed by atoms with Crippen LogP contribution in [0.25, 0.3) is 0 Å². The molecule has 8 heteroatoms. The summed E-state index contributed by atoms with van der Waals surface area (Å²) in [4.78, 5) is 36.8. The molecular weight excluding hydrogens is 330 g/mol. The highest BCUT2D eigenvalue weighted by Gasteiger charge is 2.22. The molecule has 24 heavy (non-hydrogen) atoms. The predicted molar refractivity (Wildman–Crippen MR) is 93.9 cm³/mol. The van der Waals surface area contributed by atoms with E-state index in [0.717, 1.165) is 4.90 Å². The standard InChI is InChI=1S/C16H23N3O4S/c1-5-18(10-15(20)17-11(2)3)16(21)12(4)24-14-8-6-13(7-9-14)19(22)23/h6-9,11-12H,5,10H2,1-4H3,(H,17,20). The Hall–Kier alpha value is -2.09. The monoisotopic (exact) mass is 353 g/mol. The first-order valence-corrected chi connectivity index (χ1v) is 8.61. The van der Waals surface area contributed by atoms with E-state index in [9.17, 15) is 19.7 Å². The zero-order valence-electron chi connectivity index (χ0n) is 14.3. The van der Waals surface area contributed by atoms with Gasteiger partial charge < -0.3 is 10.2 Å². The molecule has 0 aliphatic carbocycles. The molecule has 0 aliphatic rings. The van der Waals surface area contributed by atoms with Gasteiger partial charge in [-0.3, -0.25) is 19.7 Å². The average Bonchev–Trinajstić information content (AvgIpc) is 2.51. The smallest absolute Gasteiger partial charge is 0.269 e. The van der Waals surface area contributed by atoms with Gasteiger partial charge in [0, 0.05) is 29.6 Å². The lowest BCUT2D eigenvalue weighted by Gasteiger charge is -2.24. The van der Waals surface area contributed by atoms with Gasteiger partial charge in [-0.2, -0.15) is 0 Å². The number of carbonyl (C=O) groups excluding carboxylic acids is 2. The van der Waals surface area contributed by atoms with Gasteiger partial charge in [0.1, 0.15) is 0 Å². The van der Waals surface area contributed by atoms with Crippen molar-refractivity contribution in [2.45, 2.75) is 43.9 Å². The third-order valence-electron chi connectivity index (χ3n) is 3.19. The number of non-ortho nitro benzene ring substituents is 1. The Morgan fingerprint density at radius 1 is 1.25 bits per heavy atom. The second-order valence-electron chi connectivity index (χ2n) is 5.59. The molecule has 0 bridgehead atoms. The Morgan fingerprint density at radius 2 is 1.83 bits per heavy atom. The van der Waals surface area contributed by atoms with Crippen molar-refractivity contribution < 1.29 is 14.5 Å². The van der Waals surface area contributed by atoms with Crippen LogP contribution < -0.4 is 5.32 Å². The number of amides is 2. The third-order valence-corrected chi connectivity index (χ3v) is 4.29. The number of carbonyl (C=O) groups is 2. The summed E-state index contributed by atoms with van der Waals surface area (Å²) in [5.74, 6) is -0.326. The Labute approximate surface area is 145 Å². The summed E-state index contributed by atoms with van der Waals surface area (Å²) in [6, 6.07) is 6.08. The minimum atomic E-state index is -0.463. The maximum Gasteiger partial charge on any atom is 0.269 e. The van der Waals surface area contributed by atoms with Crippen molar-refractivity contribution in [2.24, 2.45) is 0 Å². The number of nitrogens with zero attached hydrogens (tertiary/aromatic N) is 2. The predicted octanol–water partition coefficient (Wildman–Crippen LogP) is 2.45. The number of thioether (sulfide) groups is 1. The van der Waals surface area contributed by atoms with Gasteiger partial charge in [0.2, 0.25) is 11.8 Å². The number of nitro benzene ring substituents is 1. The van der Waals surface area contributed by atoms with Gasteiger partial charge in [-0.15, -0.1) is 11.8 Å². The second kappa shape index (κ2) is 9.27. The Balaban J connectivity index is 2.67. The maximum atomic E-state index is 12.5. The van der Waals surface area contributed by atoms with Gasteiger partial charge >= 0.3 is 0 Å². The summed E-state index contributed by atoms with van der Waals surface area (Å²) in [7, 11) is 0. The second-order valence-corrected chi connectivity index (χ2v) is 7.00. The Morgan fingerprint density at radius 3 is 2.29 bits per heavy atom. The number of rotatable bonds is 8. The highest BCUT2D eigenvalue weighted by Crippen LogP contribution is 2.26. The van der Waals surface area contributed by atoms with Crippen LogP contribution >= 0.6 is 11.8 Å². The maximum absolute atomic E-state index is 12.5. The summed E-state index contributed by atoms with van der Waals surface area (Å²) < 4.78 is 0. The van der Waals surface area contributed by atoms with E-state index in [-0.39, 0.29) is 30.1 Å². The molecule has 1 N–H and O–H groups in total. The largest absolute Gasteiger partial charge is 0.352 e. The van der Waals surface area contributed by atoms with Crippen molar-refractivity contribution in [3.63, 3.8) is 0 Å². The lowest BCUT2D eigenvalue weighted by molar-refractivity contribution is -0.384. The van der Waals surface area contributed by atoms with Crippen LogP contribution in [0.3, 0.4) is 0 Å². The van der Waals surface area contributed by atoms with E-state index in [1.807, 2.05) is 20.8 Å². The van der Waals surface area contributed by atoms with E-state index in [4.69, 9.17) is 0 Å². The molecule has 0 spiro atoms. The fourth-order valence-corrected chi connectivity index (χ4v) is 3.00. The van der Waals surface area contributed by atoms with Gasteiger partial charge in [-0.1, -0.05) is 0 Å². The van der Waals surface area contributed by atoms with E-state index in [1.54, 1.807) is 19.1 Å². The molecule has 1 atom stereocenters. The third kappa shape index (κ3) is 6.19. The van der Waals surface area contributed by atoms with E-state index in [0.29, 0.717) is 6.54 Å². The zero-order chi connectivity index (χ0) is 18.3. The van der Waals surface area contributed by atoms with E-state index >= 15 is 0 Å². The quantitative estimate of drug-likeness (QED) is 0.440. The number of hydrogen-bond acceptors (Lipinski definition) is 5. The van der Waals surface area contributed by atoms with Crippen molar-refractivity contribution in [3.8, 4) is 0 Å². The molecule has 1 rings (SSSR count). The van der Waals surface area contributed by atoms with Crippen molar-refractivity contribution in [1.29, 1.82) is 0 Å². The molecule has 0 heterocycles. The average molecular weight is 353 g/mol. The summed E-state index contributed by atoms with van der Waals surface area (Å²) in [6.07, 6.45) is 0. The Kier molecular flexibility index (Phi) is 7.70. The first-order valence-electron chi connectivity index (χ1n) is 7.73. The molecule has 0 saturated heterocycles. The molecule has 0 aromatic heterocycles. The van der Waals surface area contributed by atoms with Gasteiger partial charge in [-0.25, -0.2) is 0 Å². The van der Waals surface area contributed by atoms with Crippen molar-refractivity contribution in [3.05, 3.63) is 34.4 Å². The van der Waals surface area contributed by atoms with Gasteiger partial charge in [-0.05, 0) is 39.8 Å². The zero-order valence-corrected chi connectivity index (χ0v) is 15.1. The molecule has 1 aromatic rings. The first kappa shape index (κ1) is 20.0. The topological polar surface area (TPSA) is 92.6 Å². The number of nitro groups is 1. The molecule has 132 valence electrons. The minimum absolute atomic E-state index is 0.0128. The molecule has 7 nitrogen and oxygen atoms in total. The molecule has 1 unspecified atom stereocenters. The van der Waals surface area contributed by atoms with Crippen LogP contribution in [0.2, 0.25) is 0 Å². The number of likely N-dealkylation sites (N-methyl/N-ethyl adjacent to an activating group) is 1. The van der Waals surface area contributed by atoms with Gasteiger partial charge in [0.15, 0.2) is 0 Å². The molecule has 0 aliphatic heterocycles. The van der Waals surface area contributed by atoms with E-state index < -0.39 is 10.2 Å². The SMILES string of the molecule is CCN(CC(=O)NC(C)C)C(=O)C(C)Sc1ccc([N+](=O)[O-])cc1. The normalized spacial score (nSPS) is 11.9. The fraction of sp³-hybridized carbons (Fsp3) is 0.500. The number of hydrogen-bond donors (Lipinski definition) is 1. The van der Waals surface area contributed by atoms with Crippen LogP contribution in [0.5, 0.6) is 0 Å². The van der Waals surface area contributed by atoms with Crippen LogP contribution in [-0.2, 0) is 9.59 Å². The molecular formula is C16H23N3O4S. The first-order chi connectivity index (χ1) is 11.2. The van der Waals surface area contributed by atoms with E-state index in [2.05, 4.69) is 5.32 Å². The number of nitrogens with one attached hydrogen (secondary N) is 1. The Bertz CT molecular complexity index is 589. The van der Waals surface area contributed by atoms with Crippen molar-refractivity contribution in [1.82, 2.24) is 10.2 Å². The lowest BCUT2D eigenvalue weighted by Crippen LogP contribution is -2.45. The fourth-order valence-electron chi connectivity index (χ4n) is 2.04. The lowest BCUT2D eigenvalue weighted by atomic mass is 10.3. The van der Waals surface area contributed by atoms with Crippen molar-refractivity contribution in [2.75, 3.05) is 13.1 Å². The van der Waals surface area contributed by atoms with Gasteiger partial charge in [0.05, 0.1) is 16.7 Å². The molecule has 0 radical (unpaired) electrons. The summed E-state index contributed by atoms with van der Waals surface area (Å²) in [5, 5.41) is 13.0. The van der Waals surface area contributed by atoms with Crippen LogP contribution in [0.15, 0.2) is 29.2 Å². The summed E-state index contributed by atoms with van der Waals surface area (Å²) in [6.45, 7) is 7.78. The van der Waals surface area contributed by atoms with Gasteiger partial charge in [0.25, 0.3) is 5.69 Å². The molecule has 1 aromatic carbocycles. The van der Waals surface area contributed by atoms with Crippen LogP contribution in [0, 0.1) is 10.1 Å². The highest BCUT2D eigenvalue weighted by atomic mass is 32.2. The van der Waals surface area contributed by atoms with Crippen LogP contribution in [-0.4, -0.2) is 46.0 Å². The molecule has 0 fully saturated rings. The van der Waals surface area contributed by atoms with E-state index in [1.165, 1.54) is 28.8 Å². The summed E-state index contributed by atoms with van der Waals surface area (Å²) in [5.41, 5.74) is 0.0128. The van der Waals surface area contributed by atoms with Crippen LogP contribution in [0.4, 0.5) is 5.69 Å². The minimum Gasteiger partial charge on any atom is -0.352 e. The molecule has 0 saturated carbocycles. The van der Waals surface area contributed by atoms with Crippen molar-refractivity contribution >= 4 is 29.3 Å². The highest BCUT2D eigenvalue weighted by molar-refractivity contribution is 8.00.